The maximum Gasteiger partial charge on any atom is 0.224 e. The molecule has 3 N–H and O–H groups in total. The first kappa shape index (κ1) is 16.4. The number of carbonyl (C=O) groups excluding carboxylic acids is 1. The van der Waals surface area contributed by atoms with E-state index in [0.29, 0.717) is 18.5 Å². The Balaban J connectivity index is 2.33. The fourth-order valence-corrected chi connectivity index (χ4v) is 2.45. The van der Waals surface area contributed by atoms with Crippen molar-refractivity contribution in [3.8, 4) is 0 Å². The van der Waals surface area contributed by atoms with Crippen molar-refractivity contribution in [2.24, 2.45) is 11.3 Å². The Labute approximate surface area is 117 Å². The molecule has 112 valence electrons. The average molecular weight is 270 g/mol. The largest absolute Gasteiger partial charge is 0.388 e. The summed E-state index contributed by atoms with van der Waals surface area (Å²) in [6, 6.07) is 0. The van der Waals surface area contributed by atoms with Crippen LogP contribution in [0.4, 0.5) is 0 Å². The molecule has 1 saturated carbocycles. The van der Waals surface area contributed by atoms with Crippen LogP contribution in [0.2, 0.25) is 0 Å². The number of carbonyl (C=O) groups is 1. The first-order chi connectivity index (χ1) is 8.78. The molecule has 1 aliphatic carbocycles. The molecule has 19 heavy (non-hydrogen) atoms. The predicted molar refractivity (Wildman–Crippen MR) is 77.9 cm³/mol. The van der Waals surface area contributed by atoms with Gasteiger partial charge in [-0.25, -0.2) is 0 Å². The second-order valence-corrected chi connectivity index (χ2v) is 6.82. The van der Waals surface area contributed by atoms with E-state index in [1.807, 2.05) is 13.8 Å². The van der Waals surface area contributed by atoms with Gasteiger partial charge in [0.2, 0.25) is 5.91 Å². The average Bonchev–Trinajstić information content (AvgIpc) is 2.37. The zero-order chi connectivity index (χ0) is 14.5. The van der Waals surface area contributed by atoms with Crippen LogP contribution >= 0.6 is 0 Å². The molecule has 0 aromatic carbocycles. The number of hydrogen-bond donors (Lipinski definition) is 3. The van der Waals surface area contributed by atoms with Gasteiger partial charge < -0.3 is 15.7 Å². The van der Waals surface area contributed by atoms with Crippen LogP contribution in [0.25, 0.3) is 0 Å². The molecule has 1 rings (SSSR count). The van der Waals surface area contributed by atoms with Gasteiger partial charge in [0, 0.05) is 19.0 Å². The zero-order valence-corrected chi connectivity index (χ0v) is 12.9. The van der Waals surface area contributed by atoms with E-state index in [-0.39, 0.29) is 11.8 Å². The summed E-state index contributed by atoms with van der Waals surface area (Å²) in [5, 5.41) is 16.5. The van der Waals surface area contributed by atoms with Crippen LogP contribution in [-0.4, -0.2) is 36.2 Å². The van der Waals surface area contributed by atoms with Gasteiger partial charge in [0.1, 0.15) is 0 Å². The molecule has 0 aromatic rings. The summed E-state index contributed by atoms with van der Waals surface area (Å²) in [5.41, 5.74) is -0.377. The molecular weight excluding hydrogens is 240 g/mol. The van der Waals surface area contributed by atoms with Gasteiger partial charge in [0.15, 0.2) is 0 Å². The molecule has 4 nitrogen and oxygen atoms in total. The molecule has 0 radical (unpaired) electrons. The number of amides is 1. The van der Waals surface area contributed by atoms with Crippen molar-refractivity contribution in [2.75, 3.05) is 19.6 Å². The summed E-state index contributed by atoms with van der Waals surface area (Å²) in [6.07, 6.45) is 3.60. The highest BCUT2D eigenvalue weighted by molar-refractivity contribution is 5.78. The van der Waals surface area contributed by atoms with Crippen molar-refractivity contribution in [1.29, 1.82) is 0 Å². The topological polar surface area (TPSA) is 61.4 Å². The SMILES string of the molecule is CCNCC(C)C(=O)NCC1(O)CCC(C)(C)CC1. The highest BCUT2D eigenvalue weighted by Gasteiger charge is 2.36. The molecule has 1 atom stereocenters. The highest BCUT2D eigenvalue weighted by Crippen LogP contribution is 2.39. The molecule has 0 saturated heterocycles. The van der Waals surface area contributed by atoms with E-state index in [9.17, 15) is 9.90 Å². The van der Waals surface area contributed by atoms with Gasteiger partial charge in [-0.1, -0.05) is 27.7 Å². The summed E-state index contributed by atoms with van der Waals surface area (Å²) in [7, 11) is 0. The predicted octanol–water partition coefficient (Wildman–Crippen LogP) is 1.68. The van der Waals surface area contributed by atoms with Crippen molar-refractivity contribution >= 4 is 5.91 Å². The number of nitrogens with one attached hydrogen (secondary N) is 2. The van der Waals surface area contributed by atoms with Crippen molar-refractivity contribution in [1.82, 2.24) is 10.6 Å². The van der Waals surface area contributed by atoms with Crippen molar-refractivity contribution in [3.05, 3.63) is 0 Å². The third kappa shape index (κ3) is 5.49. The second kappa shape index (κ2) is 6.71. The van der Waals surface area contributed by atoms with Gasteiger partial charge in [0.25, 0.3) is 0 Å². The Bertz CT molecular complexity index is 293. The monoisotopic (exact) mass is 270 g/mol. The molecule has 1 fully saturated rings. The summed E-state index contributed by atoms with van der Waals surface area (Å²) < 4.78 is 0. The lowest BCUT2D eigenvalue weighted by molar-refractivity contribution is -0.126. The Hall–Kier alpha value is -0.610. The third-order valence-electron chi connectivity index (χ3n) is 4.27. The van der Waals surface area contributed by atoms with Crippen LogP contribution in [0.15, 0.2) is 0 Å². The van der Waals surface area contributed by atoms with Crippen LogP contribution in [0, 0.1) is 11.3 Å². The molecule has 1 amide bonds. The lowest BCUT2D eigenvalue weighted by Gasteiger charge is -2.40. The minimum atomic E-state index is -0.705. The normalized spacial score (nSPS) is 22.8. The first-order valence-corrected chi connectivity index (χ1v) is 7.49. The fourth-order valence-electron chi connectivity index (χ4n) is 2.45. The molecule has 1 aliphatic rings. The van der Waals surface area contributed by atoms with Crippen LogP contribution in [0.1, 0.15) is 53.4 Å². The number of aliphatic hydroxyl groups is 1. The van der Waals surface area contributed by atoms with Crippen LogP contribution in [0.5, 0.6) is 0 Å². The van der Waals surface area contributed by atoms with E-state index in [2.05, 4.69) is 24.5 Å². The fraction of sp³-hybridized carbons (Fsp3) is 0.933. The molecule has 0 heterocycles. The van der Waals surface area contributed by atoms with Crippen LogP contribution < -0.4 is 10.6 Å². The molecule has 0 bridgehead atoms. The smallest absolute Gasteiger partial charge is 0.224 e. The van der Waals surface area contributed by atoms with Gasteiger partial charge in [-0.2, -0.15) is 0 Å². The standard InChI is InChI=1S/C15H30N2O2/c1-5-16-10-12(2)13(18)17-11-15(19)8-6-14(3,4)7-9-15/h12,16,19H,5-11H2,1-4H3,(H,17,18). The lowest BCUT2D eigenvalue weighted by Crippen LogP contribution is -2.48. The van der Waals surface area contributed by atoms with Gasteiger partial charge >= 0.3 is 0 Å². The maximum absolute atomic E-state index is 11.9. The van der Waals surface area contributed by atoms with E-state index in [1.54, 1.807) is 0 Å². The first-order valence-electron chi connectivity index (χ1n) is 7.49. The Morgan fingerprint density at radius 1 is 1.26 bits per heavy atom. The van der Waals surface area contributed by atoms with Crippen molar-refractivity contribution < 1.29 is 9.90 Å². The van der Waals surface area contributed by atoms with Gasteiger partial charge in [-0.05, 0) is 37.6 Å². The van der Waals surface area contributed by atoms with E-state index in [0.717, 1.165) is 32.2 Å². The van der Waals surface area contributed by atoms with Crippen molar-refractivity contribution in [2.45, 2.75) is 59.0 Å². The quantitative estimate of drug-likeness (QED) is 0.688. The summed E-state index contributed by atoms with van der Waals surface area (Å²) in [4.78, 5) is 11.9. The summed E-state index contributed by atoms with van der Waals surface area (Å²) in [5.74, 6) is -0.0252. The second-order valence-electron chi connectivity index (χ2n) is 6.82. The molecule has 0 aliphatic heterocycles. The molecule has 4 heteroatoms. The molecule has 1 unspecified atom stereocenters. The molecule has 0 aromatic heterocycles. The number of rotatable bonds is 6. The zero-order valence-electron chi connectivity index (χ0n) is 12.9. The minimum Gasteiger partial charge on any atom is -0.388 e. The lowest BCUT2D eigenvalue weighted by atomic mass is 9.71. The van der Waals surface area contributed by atoms with Crippen LogP contribution in [0.3, 0.4) is 0 Å². The molecule has 0 spiro atoms. The minimum absolute atomic E-state index is 0.0270. The van der Waals surface area contributed by atoms with E-state index in [1.165, 1.54) is 0 Å². The third-order valence-corrected chi connectivity index (χ3v) is 4.27. The van der Waals surface area contributed by atoms with E-state index in [4.69, 9.17) is 0 Å². The van der Waals surface area contributed by atoms with Gasteiger partial charge in [-0.15, -0.1) is 0 Å². The van der Waals surface area contributed by atoms with Crippen LogP contribution in [-0.2, 0) is 4.79 Å². The Kier molecular flexibility index (Phi) is 5.81. The van der Waals surface area contributed by atoms with Gasteiger partial charge in [-0.3, -0.25) is 4.79 Å². The summed E-state index contributed by atoms with van der Waals surface area (Å²) in [6.45, 7) is 10.4. The van der Waals surface area contributed by atoms with Gasteiger partial charge in [0.05, 0.1) is 5.60 Å². The Morgan fingerprint density at radius 2 is 1.84 bits per heavy atom. The van der Waals surface area contributed by atoms with Crippen molar-refractivity contribution in [3.63, 3.8) is 0 Å². The van der Waals surface area contributed by atoms with E-state index < -0.39 is 5.60 Å². The summed E-state index contributed by atoms with van der Waals surface area (Å²) >= 11 is 0. The number of hydrogen-bond acceptors (Lipinski definition) is 3. The Morgan fingerprint density at radius 3 is 2.37 bits per heavy atom. The maximum atomic E-state index is 11.9. The highest BCUT2D eigenvalue weighted by atomic mass is 16.3. The molecular formula is C15H30N2O2. The van der Waals surface area contributed by atoms with E-state index >= 15 is 0 Å².